The normalized spacial score (nSPS) is 11.8. The van der Waals surface area contributed by atoms with Crippen molar-refractivity contribution in [3.05, 3.63) is 59.1 Å². The minimum Gasteiger partial charge on any atom is -0.497 e. The number of halogens is 1. The molecule has 116 valence electrons. The van der Waals surface area contributed by atoms with E-state index in [0.717, 1.165) is 22.9 Å². The number of ether oxygens (including phenoxy) is 1. The number of carbonyl (C=O) groups is 1. The number of rotatable bonds is 6. The predicted octanol–water partition coefficient (Wildman–Crippen LogP) is 4.56. The molecule has 1 N–H and O–H groups in total. The van der Waals surface area contributed by atoms with Crippen LogP contribution in [0.2, 0.25) is 5.02 Å². The highest BCUT2D eigenvalue weighted by atomic mass is 35.5. The molecule has 0 aliphatic rings. The second-order valence-corrected chi connectivity index (χ2v) is 5.85. The minimum atomic E-state index is 0.0200. The van der Waals surface area contributed by atoms with Crippen LogP contribution in [0.4, 0.5) is 5.69 Å². The van der Waals surface area contributed by atoms with Crippen molar-refractivity contribution in [1.29, 1.82) is 0 Å². The highest BCUT2D eigenvalue weighted by Gasteiger charge is 2.10. The van der Waals surface area contributed by atoms with Crippen LogP contribution >= 0.6 is 11.6 Å². The highest BCUT2D eigenvalue weighted by molar-refractivity contribution is 6.30. The van der Waals surface area contributed by atoms with Crippen molar-refractivity contribution < 1.29 is 9.53 Å². The molecule has 0 fully saturated rings. The molecule has 2 aromatic rings. The van der Waals surface area contributed by atoms with Crippen LogP contribution in [0.1, 0.15) is 18.9 Å². The first-order chi connectivity index (χ1) is 10.6. The van der Waals surface area contributed by atoms with E-state index < -0.39 is 0 Å². The van der Waals surface area contributed by atoms with E-state index in [1.54, 1.807) is 7.11 Å². The maximum absolute atomic E-state index is 12.1. The monoisotopic (exact) mass is 317 g/mol. The van der Waals surface area contributed by atoms with E-state index in [4.69, 9.17) is 16.3 Å². The van der Waals surface area contributed by atoms with Crippen LogP contribution in [0.15, 0.2) is 48.5 Å². The summed E-state index contributed by atoms with van der Waals surface area (Å²) in [5, 5.41) is 3.63. The molecule has 1 amide bonds. The first-order valence-electron chi connectivity index (χ1n) is 7.25. The molecule has 0 aliphatic carbocycles. The molecular formula is C18H20ClNO2. The van der Waals surface area contributed by atoms with Crippen molar-refractivity contribution in [3.63, 3.8) is 0 Å². The number of methoxy groups -OCH3 is 1. The number of hydrogen-bond donors (Lipinski definition) is 1. The Labute approximate surface area is 136 Å². The van der Waals surface area contributed by atoms with Gasteiger partial charge in [0.05, 0.1) is 7.11 Å². The molecule has 4 heteroatoms. The third-order valence-electron chi connectivity index (χ3n) is 3.41. The van der Waals surface area contributed by atoms with E-state index in [2.05, 4.69) is 12.2 Å². The minimum absolute atomic E-state index is 0.0200. The van der Waals surface area contributed by atoms with Crippen LogP contribution in [-0.4, -0.2) is 13.0 Å². The lowest BCUT2D eigenvalue weighted by Gasteiger charge is -2.12. The standard InChI is InChI=1S/C18H20ClNO2/c1-13(11-14-3-5-15(19)6-4-14)12-18(21)20-16-7-9-17(22-2)10-8-16/h3-10,13H,11-12H2,1-2H3,(H,20,21)/t13-/m0/s1. The highest BCUT2D eigenvalue weighted by Crippen LogP contribution is 2.18. The van der Waals surface area contributed by atoms with Gasteiger partial charge in [0, 0.05) is 17.1 Å². The largest absolute Gasteiger partial charge is 0.497 e. The number of hydrogen-bond acceptors (Lipinski definition) is 2. The topological polar surface area (TPSA) is 38.3 Å². The van der Waals surface area contributed by atoms with Crippen molar-refractivity contribution in [2.24, 2.45) is 5.92 Å². The molecule has 0 bridgehead atoms. The molecule has 0 saturated heterocycles. The lowest BCUT2D eigenvalue weighted by atomic mass is 9.98. The van der Waals surface area contributed by atoms with Gasteiger partial charge in [0.2, 0.25) is 5.91 Å². The Kier molecular flexibility index (Phi) is 5.84. The lowest BCUT2D eigenvalue weighted by molar-refractivity contribution is -0.116. The number of nitrogens with one attached hydrogen (secondary N) is 1. The Balaban J connectivity index is 1.83. The maximum Gasteiger partial charge on any atom is 0.224 e. The second-order valence-electron chi connectivity index (χ2n) is 5.42. The van der Waals surface area contributed by atoms with Gasteiger partial charge in [-0.2, -0.15) is 0 Å². The average Bonchev–Trinajstić information content (AvgIpc) is 2.50. The van der Waals surface area contributed by atoms with Crippen molar-refractivity contribution >= 4 is 23.2 Å². The molecule has 0 spiro atoms. The lowest BCUT2D eigenvalue weighted by Crippen LogP contribution is -2.16. The molecular weight excluding hydrogens is 298 g/mol. The number of amides is 1. The van der Waals surface area contributed by atoms with E-state index >= 15 is 0 Å². The van der Waals surface area contributed by atoms with Gasteiger partial charge in [-0.25, -0.2) is 0 Å². The van der Waals surface area contributed by atoms with Gasteiger partial charge in [-0.1, -0.05) is 30.7 Å². The molecule has 2 aromatic carbocycles. The fraction of sp³-hybridized carbons (Fsp3) is 0.278. The van der Waals surface area contributed by atoms with Gasteiger partial charge in [0.15, 0.2) is 0 Å². The van der Waals surface area contributed by atoms with Gasteiger partial charge in [0.1, 0.15) is 5.75 Å². The van der Waals surface area contributed by atoms with Gasteiger partial charge in [-0.3, -0.25) is 4.79 Å². The van der Waals surface area contributed by atoms with Crippen molar-refractivity contribution in [1.82, 2.24) is 0 Å². The van der Waals surface area contributed by atoms with E-state index in [-0.39, 0.29) is 11.8 Å². The third kappa shape index (κ3) is 5.08. The van der Waals surface area contributed by atoms with Gasteiger partial charge < -0.3 is 10.1 Å². The van der Waals surface area contributed by atoms with E-state index in [0.29, 0.717) is 6.42 Å². The molecule has 0 heterocycles. The predicted molar refractivity (Wildman–Crippen MR) is 90.6 cm³/mol. The summed E-state index contributed by atoms with van der Waals surface area (Å²) in [6, 6.07) is 15.1. The second kappa shape index (κ2) is 7.85. The summed E-state index contributed by atoms with van der Waals surface area (Å²) in [7, 11) is 1.62. The zero-order valence-corrected chi connectivity index (χ0v) is 13.6. The molecule has 2 rings (SSSR count). The number of benzene rings is 2. The van der Waals surface area contributed by atoms with E-state index in [1.807, 2.05) is 48.5 Å². The fourth-order valence-electron chi connectivity index (χ4n) is 2.30. The molecule has 0 aromatic heterocycles. The molecule has 0 unspecified atom stereocenters. The van der Waals surface area contributed by atoms with Crippen LogP contribution < -0.4 is 10.1 Å². The van der Waals surface area contributed by atoms with Crippen LogP contribution in [0, 0.1) is 5.92 Å². The summed E-state index contributed by atoms with van der Waals surface area (Å²) in [5.41, 5.74) is 1.97. The Hall–Kier alpha value is -2.00. The van der Waals surface area contributed by atoms with Crippen LogP contribution in [0.25, 0.3) is 0 Å². The summed E-state index contributed by atoms with van der Waals surface area (Å²) in [5.74, 6) is 1.06. The molecule has 0 aliphatic heterocycles. The SMILES string of the molecule is COc1ccc(NC(=O)C[C@@H](C)Cc2ccc(Cl)cc2)cc1. The van der Waals surface area contributed by atoms with Crippen molar-refractivity contribution in [2.75, 3.05) is 12.4 Å². The number of carbonyl (C=O) groups excluding carboxylic acids is 1. The zero-order valence-electron chi connectivity index (χ0n) is 12.8. The van der Waals surface area contributed by atoms with Gasteiger partial charge in [-0.05, 0) is 54.3 Å². The smallest absolute Gasteiger partial charge is 0.224 e. The average molecular weight is 318 g/mol. The van der Waals surface area contributed by atoms with Crippen molar-refractivity contribution in [3.8, 4) is 5.75 Å². The Morgan fingerprint density at radius 3 is 2.36 bits per heavy atom. The van der Waals surface area contributed by atoms with Crippen LogP contribution in [0.3, 0.4) is 0 Å². The fourth-order valence-corrected chi connectivity index (χ4v) is 2.42. The Morgan fingerprint density at radius 1 is 1.14 bits per heavy atom. The summed E-state index contributed by atoms with van der Waals surface area (Å²) in [4.78, 5) is 12.1. The first kappa shape index (κ1) is 16.4. The molecule has 0 saturated carbocycles. The zero-order chi connectivity index (χ0) is 15.9. The summed E-state index contributed by atoms with van der Waals surface area (Å²) in [6.07, 6.45) is 1.34. The molecule has 1 atom stereocenters. The molecule has 22 heavy (non-hydrogen) atoms. The van der Waals surface area contributed by atoms with Crippen LogP contribution in [-0.2, 0) is 11.2 Å². The Bertz CT molecular complexity index is 608. The maximum atomic E-state index is 12.1. The summed E-state index contributed by atoms with van der Waals surface area (Å²) >= 11 is 5.87. The first-order valence-corrected chi connectivity index (χ1v) is 7.63. The number of anilines is 1. The van der Waals surface area contributed by atoms with E-state index in [9.17, 15) is 4.79 Å². The Morgan fingerprint density at radius 2 is 1.77 bits per heavy atom. The third-order valence-corrected chi connectivity index (χ3v) is 3.66. The molecule has 0 radical (unpaired) electrons. The van der Waals surface area contributed by atoms with Crippen molar-refractivity contribution in [2.45, 2.75) is 19.8 Å². The summed E-state index contributed by atoms with van der Waals surface area (Å²) in [6.45, 7) is 2.07. The van der Waals surface area contributed by atoms with E-state index in [1.165, 1.54) is 5.56 Å². The quantitative estimate of drug-likeness (QED) is 0.848. The van der Waals surface area contributed by atoms with Crippen LogP contribution in [0.5, 0.6) is 5.75 Å². The van der Waals surface area contributed by atoms with Gasteiger partial charge in [0.25, 0.3) is 0 Å². The summed E-state index contributed by atoms with van der Waals surface area (Å²) < 4.78 is 5.09. The van der Waals surface area contributed by atoms with Gasteiger partial charge >= 0.3 is 0 Å². The molecule has 3 nitrogen and oxygen atoms in total. The van der Waals surface area contributed by atoms with Gasteiger partial charge in [-0.15, -0.1) is 0 Å².